The second-order valence-corrected chi connectivity index (χ2v) is 5.22. The van der Waals surface area contributed by atoms with Crippen molar-refractivity contribution >= 4 is 21.9 Å². The topological polar surface area (TPSA) is 155 Å². The maximum atomic E-state index is 11.8. The molecule has 1 atom stereocenters. The molecule has 1 rings (SSSR count). The SMILES string of the molecule is Cc1[nH]ncc1S(=O)(=O)N[C@@H](CC(N)=O)C(=O)O. The molecule has 9 nitrogen and oxygen atoms in total. The lowest BCUT2D eigenvalue weighted by Gasteiger charge is -2.12. The monoisotopic (exact) mass is 276 g/mol. The summed E-state index contributed by atoms with van der Waals surface area (Å²) in [5.74, 6) is -2.41. The first-order chi connectivity index (χ1) is 8.24. The molecule has 1 heterocycles. The normalized spacial score (nSPS) is 13.2. The summed E-state index contributed by atoms with van der Waals surface area (Å²) < 4.78 is 25.5. The van der Waals surface area contributed by atoms with Crippen LogP contribution in [-0.4, -0.2) is 41.6 Å². The number of aromatic amines is 1. The number of hydrogen-bond donors (Lipinski definition) is 4. The largest absolute Gasteiger partial charge is 0.480 e. The van der Waals surface area contributed by atoms with E-state index in [2.05, 4.69) is 10.2 Å². The van der Waals surface area contributed by atoms with Crippen molar-refractivity contribution in [2.45, 2.75) is 24.3 Å². The standard InChI is InChI=1S/C8H12N4O5S/c1-4-6(3-10-11-4)18(16,17)12-5(8(14)15)2-7(9)13/h3,5,12H,2H2,1H3,(H2,9,13)(H,10,11)(H,14,15)/t5-/m0/s1. The molecule has 0 saturated carbocycles. The van der Waals surface area contributed by atoms with Crippen LogP contribution in [-0.2, 0) is 19.6 Å². The fraction of sp³-hybridized carbons (Fsp3) is 0.375. The fourth-order valence-electron chi connectivity index (χ4n) is 1.24. The van der Waals surface area contributed by atoms with Gasteiger partial charge in [-0.1, -0.05) is 0 Å². The Morgan fingerprint density at radius 3 is 2.61 bits per heavy atom. The van der Waals surface area contributed by atoms with Crippen molar-refractivity contribution in [1.82, 2.24) is 14.9 Å². The number of hydrogen-bond acceptors (Lipinski definition) is 5. The Balaban J connectivity index is 2.97. The minimum absolute atomic E-state index is 0.182. The van der Waals surface area contributed by atoms with E-state index in [0.717, 1.165) is 6.20 Å². The van der Waals surface area contributed by atoms with Gasteiger partial charge in [-0.25, -0.2) is 8.42 Å². The summed E-state index contributed by atoms with van der Waals surface area (Å²) in [6.45, 7) is 1.46. The lowest BCUT2D eigenvalue weighted by molar-refractivity contribution is -0.140. The molecule has 0 aromatic carbocycles. The van der Waals surface area contributed by atoms with Crippen molar-refractivity contribution in [3.63, 3.8) is 0 Å². The zero-order chi connectivity index (χ0) is 13.9. The van der Waals surface area contributed by atoms with Crippen LogP contribution in [0.4, 0.5) is 0 Å². The predicted octanol–water partition coefficient (Wildman–Crippen LogP) is -1.67. The summed E-state index contributed by atoms with van der Waals surface area (Å²) >= 11 is 0. The first-order valence-electron chi connectivity index (χ1n) is 4.77. The van der Waals surface area contributed by atoms with Gasteiger partial charge >= 0.3 is 5.97 Å². The van der Waals surface area contributed by atoms with E-state index in [1.807, 2.05) is 4.72 Å². The Kier molecular flexibility index (Phi) is 4.03. The van der Waals surface area contributed by atoms with Gasteiger partial charge in [0, 0.05) is 0 Å². The van der Waals surface area contributed by atoms with Crippen LogP contribution in [0.3, 0.4) is 0 Å². The van der Waals surface area contributed by atoms with Gasteiger partial charge in [-0.05, 0) is 6.92 Å². The number of carbonyl (C=O) groups is 2. The number of carboxylic acids is 1. The van der Waals surface area contributed by atoms with Crippen molar-refractivity contribution in [2.75, 3.05) is 0 Å². The number of aryl methyl sites for hydroxylation is 1. The number of carbonyl (C=O) groups excluding carboxylic acids is 1. The third-order valence-electron chi connectivity index (χ3n) is 2.07. The lowest BCUT2D eigenvalue weighted by Crippen LogP contribution is -2.43. The van der Waals surface area contributed by atoms with Crippen molar-refractivity contribution < 1.29 is 23.1 Å². The van der Waals surface area contributed by atoms with Crippen LogP contribution in [0.2, 0.25) is 0 Å². The number of nitrogens with zero attached hydrogens (tertiary/aromatic N) is 1. The molecular formula is C8H12N4O5S. The molecular weight excluding hydrogens is 264 g/mol. The van der Waals surface area contributed by atoms with Gasteiger partial charge in [0.05, 0.1) is 18.3 Å². The Hall–Kier alpha value is -1.94. The van der Waals surface area contributed by atoms with Crippen molar-refractivity contribution in [1.29, 1.82) is 0 Å². The van der Waals surface area contributed by atoms with Gasteiger partial charge in [0.2, 0.25) is 15.9 Å². The van der Waals surface area contributed by atoms with E-state index < -0.39 is 34.4 Å². The molecule has 0 aliphatic carbocycles. The van der Waals surface area contributed by atoms with E-state index in [0.29, 0.717) is 0 Å². The van der Waals surface area contributed by atoms with E-state index in [4.69, 9.17) is 10.8 Å². The highest BCUT2D eigenvalue weighted by molar-refractivity contribution is 7.89. The molecule has 0 bridgehead atoms. The predicted molar refractivity (Wildman–Crippen MR) is 58.9 cm³/mol. The highest BCUT2D eigenvalue weighted by Gasteiger charge is 2.28. The zero-order valence-corrected chi connectivity index (χ0v) is 10.2. The third-order valence-corrected chi connectivity index (χ3v) is 3.66. The summed E-state index contributed by atoms with van der Waals surface area (Å²) in [5.41, 5.74) is 5.10. The number of aliphatic carboxylic acids is 1. The molecule has 5 N–H and O–H groups in total. The molecule has 18 heavy (non-hydrogen) atoms. The highest BCUT2D eigenvalue weighted by atomic mass is 32.2. The second-order valence-electron chi connectivity index (χ2n) is 3.54. The molecule has 0 fully saturated rings. The number of aromatic nitrogens is 2. The van der Waals surface area contributed by atoms with Crippen molar-refractivity contribution in [3.8, 4) is 0 Å². The van der Waals surface area contributed by atoms with Crippen LogP contribution in [0, 0.1) is 6.92 Å². The Morgan fingerprint density at radius 2 is 2.22 bits per heavy atom. The van der Waals surface area contributed by atoms with Crippen molar-refractivity contribution in [3.05, 3.63) is 11.9 Å². The van der Waals surface area contributed by atoms with Gasteiger partial charge in [0.1, 0.15) is 10.9 Å². The summed E-state index contributed by atoms with van der Waals surface area (Å²) in [4.78, 5) is 21.3. The van der Waals surface area contributed by atoms with Gasteiger partial charge in [-0.15, -0.1) is 0 Å². The Labute approximate surface area is 102 Å². The van der Waals surface area contributed by atoms with Crippen LogP contribution in [0.15, 0.2) is 11.1 Å². The average molecular weight is 276 g/mol. The van der Waals surface area contributed by atoms with Gasteiger partial charge in [-0.2, -0.15) is 9.82 Å². The second kappa shape index (κ2) is 5.14. The molecule has 0 unspecified atom stereocenters. The molecule has 0 aliphatic heterocycles. The number of primary amides is 1. The molecule has 0 saturated heterocycles. The minimum Gasteiger partial charge on any atom is -0.480 e. The van der Waals surface area contributed by atoms with Gasteiger partial charge in [0.15, 0.2) is 0 Å². The molecule has 1 aromatic rings. The number of nitrogens with two attached hydrogens (primary N) is 1. The van der Waals surface area contributed by atoms with Crippen LogP contribution in [0.1, 0.15) is 12.1 Å². The molecule has 100 valence electrons. The number of sulfonamides is 1. The molecule has 10 heteroatoms. The molecule has 1 amide bonds. The van der Waals surface area contributed by atoms with Crippen molar-refractivity contribution in [2.24, 2.45) is 5.73 Å². The van der Waals surface area contributed by atoms with E-state index >= 15 is 0 Å². The Morgan fingerprint density at radius 1 is 1.61 bits per heavy atom. The molecule has 1 aromatic heterocycles. The van der Waals surface area contributed by atoms with E-state index in [-0.39, 0.29) is 10.6 Å². The maximum absolute atomic E-state index is 11.8. The van der Waals surface area contributed by atoms with E-state index in [1.54, 1.807) is 0 Å². The number of carboxylic acid groups (broad SMARTS) is 1. The van der Waals surface area contributed by atoms with Crippen LogP contribution in [0.5, 0.6) is 0 Å². The number of nitrogens with one attached hydrogen (secondary N) is 2. The quantitative estimate of drug-likeness (QED) is 0.486. The highest BCUT2D eigenvalue weighted by Crippen LogP contribution is 2.12. The van der Waals surface area contributed by atoms with Crippen LogP contribution < -0.4 is 10.5 Å². The van der Waals surface area contributed by atoms with Crippen LogP contribution >= 0.6 is 0 Å². The number of H-pyrrole nitrogens is 1. The first kappa shape index (κ1) is 14.1. The van der Waals surface area contributed by atoms with E-state index in [1.165, 1.54) is 6.92 Å². The number of amides is 1. The van der Waals surface area contributed by atoms with Gasteiger partial charge < -0.3 is 10.8 Å². The fourth-order valence-corrected chi connectivity index (χ4v) is 2.57. The van der Waals surface area contributed by atoms with Gasteiger partial charge in [-0.3, -0.25) is 14.7 Å². The first-order valence-corrected chi connectivity index (χ1v) is 6.25. The Bertz CT molecular complexity index is 564. The third kappa shape index (κ3) is 3.28. The van der Waals surface area contributed by atoms with Crippen LogP contribution in [0.25, 0.3) is 0 Å². The minimum atomic E-state index is -4.07. The molecule has 0 radical (unpaired) electrons. The zero-order valence-electron chi connectivity index (χ0n) is 9.37. The summed E-state index contributed by atoms with van der Waals surface area (Å²) in [6.07, 6.45) is 0.409. The van der Waals surface area contributed by atoms with Gasteiger partial charge in [0.25, 0.3) is 0 Å². The number of rotatable bonds is 6. The smallest absolute Gasteiger partial charge is 0.322 e. The summed E-state index contributed by atoms with van der Waals surface area (Å²) in [6, 6.07) is -1.61. The van der Waals surface area contributed by atoms with E-state index in [9.17, 15) is 18.0 Å². The lowest BCUT2D eigenvalue weighted by atomic mass is 10.2. The maximum Gasteiger partial charge on any atom is 0.322 e. The summed E-state index contributed by atoms with van der Waals surface area (Å²) in [5, 5.41) is 14.7. The summed E-state index contributed by atoms with van der Waals surface area (Å²) in [7, 11) is -4.07. The average Bonchev–Trinajstić information content (AvgIpc) is 2.62. The molecule has 0 spiro atoms. The molecule has 0 aliphatic rings.